The zero-order valence-corrected chi connectivity index (χ0v) is 15.0. The van der Waals surface area contributed by atoms with Gasteiger partial charge in [0.2, 0.25) is 0 Å². The van der Waals surface area contributed by atoms with Crippen LogP contribution >= 0.6 is 39.7 Å². The zero-order valence-electron chi connectivity index (χ0n) is 11.8. The number of carbonyl (C=O) groups excluding carboxylic acids is 1. The smallest absolute Gasteiger partial charge is 0.276 e. The maximum atomic E-state index is 12.4. The van der Waals surface area contributed by atoms with Crippen molar-refractivity contribution >= 4 is 56.8 Å². The van der Waals surface area contributed by atoms with Crippen LogP contribution < -0.4 is 4.74 Å². The molecule has 2 rings (SSSR count). The second-order valence-electron chi connectivity index (χ2n) is 4.43. The number of benzene rings is 1. The van der Waals surface area contributed by atoms with Crippen molar-refractivity contribution < 1.29 is 9.53 Å². The van der Waals surface area contributed by atoms with Gasteiger partial charge in [0.25, 0.3) is 5.91 Å². The maximum absolute atomic E-state index is 12.4. The first-order valence-corrected chi connectivity index (χ1v) is 7.82. The van der Waals surface area contributed by atoms with E-state index >= 15 is 0 Å². The Morgan fingerprint density at radius 3 is 2.67 bits per heavy atom. The van der Waals surface area contributed by atoms with Crippen LogP contribution in [0.25, 0.3) is 6.08 Å². The van der Waals surface area contributed by atoms with E-state index in [0.717, 1.165) is 4.47 Å². The van der Waals surface area contributed by atoms with Gasteiger partial charge in [0, 0.05) is 24.2 Å². The molecule has 0 atom stereocenters. The van der Waals surface area contributed by atoms with Gasteiger partial charge in [-0.1, -0.05) is 11.6 Å². The molecular weight excluding hydrogens is 376 g/mol. The Balaban J connectivity index is 2.54. The first-order chi connectivity index (χ1) is 9.90. The molecule has 7 heteroatoms. The Bertz CT molecular complexity index is 648. The molecule has 1 aromatic carbocycles. The largest absolute Gasteiger partial charge is 0.495 e. The third kappa shape index (κ3) is 2.93. The number of nitrogens with zero attached hydrogens (tertiary/aromatic N) is 2. The van der Waals surface area contributed by atoms with Crippen LogP contribution in [0.1, 0.15) is 12.5 Å². The molecule has 1 amide bonds. The van der Waals surface area contributed by atoms with Crippen molar-refractivity contribution in [3.8, 4) is 5.75 Å². The predicted octanol–water partition coefficient (Wildman–Crippen LogP) is 3.53. The van der Waals surface area contributed by atoms with Gasteiger partial charge in [-0.15, -0.1) is 0 Å². The fourth-order valence-electron chi connectivity index (χ4n) is 2.14. The minimum absolute atomic E-state index is 0.122. The van der Waals surface area contributed by atoms with Crippen LogP contribution in [-0.4, -0.2) is 41.5 Å². The molecule has 0 spiro atoms. The standard InChI is InChI=1S/C14H14BrClN2O2S/c1-4-18-13(19)11(17(2)14(18)21)6-8-5-9(16)7-10(15)12(8)20-3/h5-7H,4H2,1-3H3/b11-6-. The second-order valence-corrected chi connectivity index (χ2v) is 6.09. The third-order valence-corrected chi connectivity index (χ3v) is 4.49. The van der Waals surface area contributed by atoms with E-state index in [4.69, 9.17) is 28.6 Å². The number of hydrogen-bond acceptors (Lipinski definition) is 3. The van der Waals surface area contributed by atoms with E-state index in [-0.39, 0.29) is 5.91 Å². The molecule has 0 radical (unpaired) electrons. The summed E-state index contributed by atoms with van der Waals surface area (Å²) in [5.41, 5.74) is 1.21. The first-order valence-electron chi connectivity index (χ1n) is 6.25. The van der Waals surface area contributed by atoms with Gasteiger partial charge < -0.3 is 9.64 Å². The lowest BCUT2D eigenvalue weighted by Crippen LogP contribution is -2.30. The predicted molar refractivity (Wildman–Crippen MR) is 91.4 cm³/mol. The van der Waals surface area contributed by atoms with Gasteiger partial charge in [0.15, 0.2) is 5.11 Å². The quantitative estimate of drug-likeness (QED) is 0.585. The minimum atomic E-state index is -0.122. The number of halogens is 2. The molecule has 4 nitrogen and oxygen atoms in total. The highest BCUT2D eigenvalue weighted by Gasteiger charge is 2.34. The molecule has 1 aliphatic rings. The Morgan fingerprint density at radius 2 is 2.14 bits per heavy atom. The Kier molecular flexibility index (Phi) is 4.91. The van der Waals surface area contributed by atoms with Crippen molar-refractivity contribution in [1.82, 2.24) is 9.80 Å². The van der Waals surface area contributed by atoms with Gasteiger partial charge in [-0.05, 0) is 53.3 Å². The summed E-state index contributed by atoms with van der Waals surface area (Å²) < 4.78 is 6.09. The molecule has 1 saturated heterocycles. The van der Waals surface area contributed by atoms with Crippen LogP contribution in [0.5, 0.6) is 5.75 Å². The minimum Gasteiger partial charge on any atom is -0.495 e. The number of ether oxygens (including phenoxy) is 1. The molecule has 1 heterocycles. The molecule has 112 valence electrons. The highest BCUT2D eigenvalue weighted by atomic mass is 79.9. The average molecular weight is 390 g/mol. The van der Waals surface area contributed by atoms with Crippen LogP contribution in [-0.2, 0) is 4.79 Å². The summed E-state index contributed by atoms with van der Waals surface area (Å²) in [4.78, 5) is 15.6. The van der Waals surface area contributed by atoms with Crippen LogP contribution in [0.4, 0.5) is 0 Å². The monoisotopic (exact) mass is 388 g/mol. The SMILES string of the molecule is CCN1C(=O)/C(=C/c2cc(Cl)cc(Br)c2OC)N(C)C1=S. The number of thiocarbonyl (C=S) groups is 1. The molecule has 1 fully saturated rings. The van der Waals surface area contributed by atoms with Gasteiger partial charge in [0.05, 0.1) is 11.6 Å². The van der Waals surface area contributed by atoms with Crippen LogP contribution in [0.2, 0.25) is 5.02 Å². The zero-order chi connectivity index (χ0) is 15.7. The molecule has 0 saturated carbocycles. The number of carbonyl (C=O) groups is 1. The molecule has 21 heavy (non-hydrogen) atoms. The summed E-state index contributed by atoms with van der Waals surface area (Å²) in [7, 11) is 3.34. The summed E-state index contributed by atoms with van der Waals surface area (Å²) in [6.45, 7) is 2.42. The lowest BCUT2D eigenvalue weighted by atomic mass is 10.1. The average Bonchev–Trinajstić information content (AvgIpc) is 2.62. The van der Waals surface area contributed by atoms with E-state index in [2.05, 4.69) is 15.9 Å². The number of hydrogen-bond donors (Lipinski definition) is 0. The topological polar surface area (TPSA) is 32.8 Å². The van der Waals surface area contributed by atoms with E-state index in [1.165, 1.54) is 0 Å². The highest BCUT2D eigenvalue weighted by Crippen LogP contribution is 2.35. The molecule has 0 aliphatic carbocycles. The van der Waals surface area contributed by atoms with Gasteiger partial charge >= 0.3 is 0 Å². The summed E-state index contributed by atoms with van der Waals surface area (Å²) in [6.07, 6.45) is 1.74. The van der Waals surface area contributed by atoms with E-state index in [9.17, 15) is 4.79 Å². The summed E-state index contributed by atoms with van der Waals surface area (Å²) in [5, 5.41) is 1.05. The van der Waals surface area contributed by atoms with Crippen molar-refractivity contribution in [3.63, 3.8) is 0 Å². The van der Waals surface area contributed by atoms with Crippen molar-refractivity contribution in [3.05, 3.63) is 32.9 Å². The van der Waals surface area contributed by atoms with Crippen molar-refractivity contribution in [2.75, 3.05) is 20.7 Å². The number of rotatable bonds is 3. The highest BCUT2D eigenvalue weighted by molar-refractivity contribution is 9.10. The number of likely N-dealkylation sites (N-methyl/N-ethyl adjacent to an activating group) is 2. The van der Waals surface area contributed by atoms with Gasteiger partial charge in [-0.3, -0.25) is 9.69 Å². The van der Waals surface area contributed by atoms with Gasteiger partial charge in [-0.25, -0.2) is 0 Å². The lowest BCUT2D eigenvalue weighted by Gasteiger charge is -2.14. The van der Waals surface area contributed by atoms with Crippen LogP contribution in [0.15, 0.2) is 22.3 Å². The van der Waals surface area contributed by atoms with Gasteiger partial charge in [0.1, 0.15) is 11.4 Å². The van der Waals surface area contributed by atoms with Gasteiger partial charge in [-0.2, -0.15) is 0 Å². The third-order valence-electron chi connectivity index (χ3n) is 3.19. The molecule has 1 aliphatic heterocycles. The number of methoxy groups -OCH3 is 1. The van der Waals surface area contributed by atoms with Crippen molar-refractivity contribution in [2.24, 2.45) is 0 Å². The van der Waals surface area contributed by atoms with E-state index < -0.39 is 0 Å². The molecule has 1 aromatic rings. The van der Waals surface area contributed by atoms with E-state index in [1.807, 2.05) is 6.92 Å². The molecule has 0 aromatic heterocycles. The van der Waals surface area contributed by atoms with Crippen molar-refractivity contribution in [1.29, 1.82) is 0 Å². The molecule has 0 N–H and O–H groups in total. The Labute approximate surface area is 142 Å². The molecule has 0 unspecified atom stereocenters. The van der Waals surface area contributed by atoms with Crippen molar-refractivity contribution in [2.45, 2.75) is 6.92 Å². The maximum Gasteiger partial charge on any atom is 0.276 e. The Morgan fingerprint density at radius 1 is 1.48 bits per heavy atom. The second kappa shape index (κ2) is 6.34. The summed E-state index contributed by atoms with van der Waals surface area (Å²) in [5.74, 6) is 0.497. The first kappa shape index (κ1) is 16.3. The number of amides is 1. The van der Waals surface area contributed by atoms with Crippen LogP contribution in [0.3, 0.4) is 0 Å². The molecule has 0 bridgehead atoms. The molecular formula is C14H14BrClN2O2S. The Hall–Kier alpha value is -1.11. The summed E-state index contributed by atoms with van der Waals surface area (Å²) >= 11 is 14.7. The van der Waals surface area contributed by atoms with E-state index in [0.29, 0.717) is 33.7 Å². The fourth-order valence-corrected chi connectivity index (χ4v) is 3.45. The lowest BCUT2D eigenvalue weighted by molar-refractivity contribution is -0.122. The van der Waals surface area contributed by atoms with Crippen LogP contribution in [0, 0.1) is 0 Å². The van der Waals surface area contributed by atoms with E-state index in [1.54, 1.807) is 42.2 Å². The normalized spacial score (nSPS) is 17.1. The fraction of sp³-hybridized carbons (Fsp3) is 0.286. The summed E-state index contributed by atoms with van der Waals surface area (Å²) in [6, 6.07) is 3.49.